The molecule has 0 aliphatic rings. The normalized spacial score (nSPS) is 10.8. The molecule has 1 aromatic heterocycles. The number of nitrogens with one attached hydrogen (secondary N) is 1. The van der Waals surface area contributed by atoms with Crippen molar-refractivity contribution in [2.24, 2.45) is 0 Å². The second-order valence-electron chi connectivity index (χ2n) is 4.73. The zero-order chi connectivity index (χ0) is 14.5. The summed E-state index contributed by atoms with van der Waals surface area (Å²) in [5, 5.41) is 5.27. The Kier molecular flexibility index (Phi) is 4.81. The van der Waals surface area contributed by atoms with Crippen LogP contribution in [0.4, 0.5) is 9.52 Å². The van der Waals surface area contributed by atoms with Gasteiger partial charge in [0.2, 0.25) is 5.91 Å². The second-order valence-corrected chi connectivity index (χ2v) is 5.59. The van der Waals surface area contributed by atoms with E-state index >= 15 is 0 Å². The van der Waals surface area contributed by atoms with E-state index < -0.39 is 0 Å². The van der Waals surface area contributed by atoms with Crippen molar-refractivity contribution in [2.75, 3.05) is 19.4 Å². The molecule has 0 spiro atoms. The molecule has 1 heterocycles. The maximum atomic E-state index is 12.8. The van der Waals surface area contributed by atoms with Gasteiger partial charge in [0.1, 0.15) is 5.82 Å². The molecule has 106 valence electrons. The van der Waals surface area contributed by atoms with Gasteiger partial charge in [-0.05, 0) is 31.8 Å². The molecule has 0 aliphatic heterocycles. The highest BCUT2D eigenvalue weighted by atomic mass is 32.1. The summed E-state index contributed by atoms with van der Waals surface area (Å²) in [5.74, 6) is -0.454. The van der Waals surface area contributed by atoms with Crippen molar-refractivity contribution in [3.05, 3.63) is 46.7 Å². The number of hydrogen-bond donors (Lipinski definition) is 1. The molecule has 0 saturated carbocycles. The molecule has 0 bridgehead atoms. The van der Waals surface area contributed by atoms with Crippen LogP contribution in [0.5, 0.6) is 0 Å². The van der Waals surface area contributed by atoms with Crippen LogP contribution >= 0.6 is 11.3 Å². The highest BCUT2D eigenvalue weighted by molar-refractivity contribution is 7.13. The van der Waals surface area contributed by atoms with E-state index in [0.29, 0.717) is 5.13 Å². The van der Waals surface area contributed by atoms with E-state index in [9.17, 15) is 9.18 Å². The first-order chi connectivity index (χ1) is 9.52. The molecule has 4 nitrogen and oxygen atoms in total. The molecule has 2 aromatic rings. The number of aromatic nitrogens is 1. The molecule has 0 fully saturated rings. The van der Waals surface area contributed by atoms with E-state index in [1.54, 1.807) is 12.1 Å². The van der Waals surface area contributed by atoms with Gasteiger partial charge in [-0.25, -0.2) is 9.37 Å². The summed E-state index contributed by atoms with van der Waals surface area (Å²) >= 11 is 1.40. The molecule has 0 saturated heterocycles. The van der Waals surface area contributed by atoms with Gasteiger partial charge >= 0.3 is 0 Å². The number of carbonyl (C=O) groups excluding carboxylic acids is 1. The molecule has 20 heavy (non-hydrogen) atoms. The SMILES string of the molecule is CN(C)Cc1csc(NC(=O)Cc2ccc(F)cc2)n1. The molecule has 6 heteroatoms. The first-order valence-electron chi connectivity index (χ1n) is 6.16. The van der Waals surface area contributed by atoms with Crippen LogP contribution in [-0.4, -0.2) is 29.9 Å². The van der Waals surface area contributed by atoms with Crippen LogP contribution in [0.25, 0.3) is 0 Å². The van der Waals surface area contributed by atoms with Crippen LogP contribution in [0.15, 0.2) is 29.6 Å². The third kappa shape index (κ3) is 4.40. The number of rotatable bonds is 5. The summed E-state index contributed by atoms with van der Waals surface area (Å²) in [7, 11) is 3.93. The molecule has 0 atom stereocenters. The fraction of sp³-hybridized carbons (Fsp3) is 0.286. The van der Waals surface area contributed by atoms with E-state index in [1.807, 2.05) is 24.4 Å². The summed E-state index contributed by atoms with van der Waals surface area (Å²) in [6.45, 7) is 0.740. The molecular weight excluding hydrogens is 277 g/mol. The standard InChI is InChI=1S/C14H16FN3OS/c1-18(2)8-12-9-20-14(16-12)17-13(19)7-10-3-5-11(15)6-4-10/h3-6,9H,7-8H2,1-2H3,(H,16,17,19). The fourth-order valence-corrected chi connectivity index (χ4v) is 2.43. The van der Waals surface area contributed by atoms with Crippen molar-refractivity contribution in [3.8, 4) is 0 Å². The third-order valence-electron chi connectivity index (χ3n) is 2.55. The summed E-state index contributed by atoms with van der Waals surface area (Å²) < 4.78 is 12.8. The Labute approximate surface area is 121 Å². The molecular formula is C14H16FN3OS. The number of anilines is 1. The molecule has 0 aliphatic carbocycles. The molecule has 1 aromatic carbocycles. The van der Waals surface area contributed by atoms with Crippen LogP contribution in [0.3, 0.4) is 0 Å². The van der Waals surface area contributed by atoms with Crippen molar-refractivity contribution >= 4 is 22.4 Å². The van der Waals surface area contributed by atoms with Gasteiger partial charge in [0.05, 0.1) is 12.1 Å². The van der Waals surface area contributed by atoms with Crippen molar-refractivity contribution in [2.45, 2.75) is 13.0 Å². The monoisotopic (exact) mass is 293 g/mol. The predicted octanol–water partition coefficient (Wildman–Crippen LogP) is 2.53. The average Bonchev–Trinajstić information content (AvgIpc) is 2.78. The molecule has 0 radical (unpaired) electrons. The van der Waals surface area contributed by atoms with Crippen LogP contribution in [-0.2, 0) is 17.8 Å². The van der Waals surface area contributed by atoms with E-state index in [4.69, 9.17) is 0 Å². The second kappa shape index (κ2) is 6.58. The highest BCUT2D eigenvalue weighted by Gasteiger charge is 2.08. The van der Waals surface area contributed by atoms with Gasteiger partial charge in [-0.15, -0.1) is 11.3 Å². The zero-order valence-electron chi connectivity index (χ0n) is 11.4. The Morgan fingerprint density at radius 2 is 2.05 bits per heavy atom. The average molecular weight is 293 g/mol. The maximum Gasteiger partial charge on any atom is 0.230 e. The number of hydrogen-bond acceptors (Lipinski definition) is 4. The minimum atomic E-state index is -0.303. The van der Waals surface area contributed by atoms with E-state index in [-0.39, 0.29) is 18.1 Å². The molecule has 2 rings (SSSR count). The minimum absolute atomic E-state index is 0.151. The van der Waals surface area contributed by atoms with Gasteiger partial charge in [-0.3, -0.25) is 4.79 Å². The van der Waals surface area contributed by atoms with Crippen molar-refractivity contribution in [1.82, 2.24) is 9.88 Å². The Balaban J connectivity index is 1.91. The van der Waals surface area contributed by atoms with Gasteiger partial charge in [0, 0.05) is 11.9 Å². The lowest BCUT2D eigenvalue weighted by Gasteiger charge is -2.05. The maximum absolute atomic E-state index is 12.8. The lowest BCUT2D eigenvalue weighted by atomic mass is 10.1. The summed E-state index contributed by atoms with van der Waals surface area (Å²) in [5.41, 5.74) is 1.70. The van der Waals surface area contributed by atoms with Crippen molar-refractivity contribution < 1.29 is 9.18 Å². The first-order valence-corrected chi connectivity index (χ1v) is 7.04. The predicted molar refractivity (Wildman–Crippen MR) is 78.2 cm³/mol. The number of amides is 1. The van der Waals surface area contributed by atoms with Gasteiger partial charge < -0.3 is 10.2 Å². The molecule has 1 N–H and O–H groups in total. The van der Waals surface area contributed by atoms with Gasteiger partial charge in [0.25, 0.3) is 0 Å². The number of carbonyl (C=O) groups is 1. The zero-order valence-corrected chi connectivity index (χ0v) is 12.2. The van der Waals surface area contributed by atoms with E-state index in [2.05, 4.69) is 10.3 Å². The van der Waals surface area contributed by atoms with Gasteiger partial charge in [-0.1, -0.05) is 12.1 Å². The van der Waals surface area contributed by atoms with Crippen LogP contribution in [0.2, 0.25) is 0 Å². The minimum Gasteiger partial charge on any atom is -0.304 e. The number of thiazole rings is 1. The highest BCUT2D eigenvalue weighted by Crippen LogP contribution is 2.16. The lowest BCUT2D eigenvalue weighted by molar-refractivity contribution is -0.115. The first kappa shape index (κ1) is 14.6. The summed E-state index contributed by atoms with van der Waals surface area (Å²) in [4.78, 5) is 18.2. The number of halogens is 1. The van der Waals surface area contributed by atoms with Crippen LogP contribution in [0.1, 0.15) is 11.3 Å². The Morgan fingerprint density at radius 3 is 2.70 bits per heavy atom. The molecule has 1 amide bonds. The number of nitrogens with zero attached hydrogens (tertiary/aromatic N) is 2. The summed E-state index contributed by atoms with van der Waals surface area (Å²) in [6, 6.07) is 5.91. The van der Waals surface area contributed by atoms with E-state index in [0.717, 1.165) is 17.8 Å². The summed E-state index contributed by atoms with van der Waals surface area (Å²) in [6.07, 6.45) is 0.211. The van der Waals surface area contributed by atoms with E-state index in [1.165, 1.54) is 23.5 Å². The van der Waals surface area contributed by atoms with Gasteiger partial charge in [0.15, 0.2) is 5.13 Å². The van der Waals surface area contributed by atoms with Crippen molar-refractivity contribution in [1.29, 1.82) is 0 Å². The van der Waals surface area contributed by atoms with Gasteiger partial charge in [-0.2, -0.15) is 0 Å². The quantitative estimate of drug-likeness (QED) is 0.921. The Morgan fingerprint density at radius 1 is 1.35 bits per heavy atom. The fourth-order valence-electron chi connectivity index (χ4n) is 1.71. The lowest BCUT2D eigenvalue weighted by Crippen LogP contribution is -2.15. The van der Waals surface area contributed by atoms with Crippen LogP contribution < -0.4 is 5.32 Å². The molecule has 0 unspecified atom stereocenters. The largest absolute Gasteiger partial charge is 0.304 e. The van der Waals surface area contributed by atoms with Crippen molar-refractivity contribution in [3.63, 3.8) is 0 Å². The number of benzene rings is 1. The Hall–Kier alpha value is -1.79. The Bertz CT molecular complexity index is 580. The topological polar surface area (TPSA) is 45.2 Å². The smallest absolute Gasteiger partial charge is 0.230 e. The third-order valence-corrected chi connectivity index (χ3v) is 3.36. The van der Waals surface area contributed by atoms with Crippen LogP contribution in [0, 0.1) is 5.82 Å².